The van der Waals surface area contributed by atoms with Crippen LogP contribution in [-0.4, -0.2) is 28.3 Å². The first kappa shape index (κ1) is 17.7. The number of pyridine rings is 1. The topological polar surface area (TPSA) is 94.6 Å². The molecule has 0 amide bonds. The standard InChI is InChI=1S/C17H18ClFN2O4/c1-2-8(20)7-25-16-12(19)5-10-14(13(16)18)21(9-3-4-9)6-11(15(10)22)17(23)24/h5-6,8-9H,2-4,7,20H2,1H3,(H,23,24). The van der Waals surface area contributed by atoms with Crippen LogP contribution >= 0.6 is 11.6 Å². The SMILES string of the molecule is CCC(N)COc1c(F)cc2c(=O)c(C(=O)O)cn(C3CC3)c2c1Cl. The molecule has 1 fully saturated rings. The van der Waals surface area contributed by atoms with E-state index in [2.05, 4.69) is 0 Å². The van der Waals surface area contributed by atoms with Crippen LogP contribution in [0.15, 0.2) is 17.1 Å². The second kappa shape index (κ2) is 6.65. The molecule has 8 heteroatoms. The summed E-state index contributed by atoms with van der Waals surface area (Å²) in [6.07, 6.45) is 3.60. The molecule has 1 aliphatic carbocycles. The number of carbonyl (C=O) groups is 1. The Morgan fingerprint density at radius 2 is 2.24 bits per heavy atom. The van der Waals surface area contributed by atoms with E-state index in [0.717, 1.165) is 18.9 Å². The van der Waals surface area contributed by atoms with Gasteiger partial charge >= 0.3 is 5.97 Å². The van der Waals surface area contributed by atoms with Crippen molar-refractivity contribution in [3.05, 3.63) is 38.9 Å². The molecule has 0 saturated heterocycles. The van der Waals surface area contributed by atoms with Crippen molar-refractivity contribution in [1.82, 2.24) is 4.57 Å². The maximum atomic E-state index is 14.5. The zero-order chi connectivity index (χ0) is 18.3. The van der Waals surface area contributed by atoms with E-state index in [1.807, 2.05) is 6.92 Å². The summed E-state index contributed by atoms with van der Waals surface area (Å²) in [5.41, 5.74) is 4.91. The quantitative estimate of drug-likeness (QED) is 0.817. The Bertz CT molecular complexity index is 908. The summed E-state index contributed by atoms with van der Waals surface area (Å²) in [5.74, 6) is -2.34. The van der Waals surface area contributed by atoms with E-state index >= 15 is 0 Å². The van der Waals surface area contributed by atoms with Gasteiger partial charge in [0.1, 0.15) is 17.2 Å². The van der Waals surface area contributed by atoms with E-state index in [0.29, 0.717) is 11.9 Å². The number of benzene rings is 1. The van der Waals surface area contributed by atoms with E-state index in [4.69, 9.17) is 22.1 Å². The van der Waals surface area contributed by atoms with E-state index in [-0.39, 0.29) is 34.8 Å². The molecule has 1 saturated carbocycles. The molecule has 1 atom stereocenters. The Kier molecular flexibility index (Phi) is 4.71. The zero-order valence-electron chi connectivity index (χ0n) is 13.6. The number of fused-ring (bicyclic) bond motifs is 1. The fourth-order valence-corrected chi connectivity index (χ4v) is 3.00. The highest BCUT2D eigenvalue weighted by Crippen LogP contribution is 2.41. The van der Waals surface area contributed by atoms with Crippen LogP contribution in [0.3, 0.4) is 0 Å². The summed E-state index contributed by atoms with van der Waals surface area (Å²) < 4.78 is 21.5. The van der Waals surface area contributed by atoms with E-state index in [9.17, 15) is 19.1 Å². The van der Waals surface area contributed by atoms with E-state index in [1.54, 1.807) is 4.57 Å². The summed E-state index contributed by atoms with van der Waals surface area (Å²) in [4.78, 5) is 23.7. The van der Waals surface area contributed by atoms with Gasteiger partial charge in [0.2, 0.25) is 5.43 Å². The van der Waals surface area contributed by atoms with Crippen molar-refractivity contribution in [2.75, 3.05) is 6.61 Å². The van der Waals surface area contributed by atoms with Gasteiger partial charge in [0.25, 0.3) is 0 Å². The lowest BCUT2D eigenvalue weighted by Crippen LogP contribution is -2.27. The van der Waals surface area contributed by atoms with Crippen LogP contribution in [0.2, 0.25) is 5.02 Å². The Hall–Kier alpha value is -2.12. The third-order valence-corrected chi connectivity index (χ3v) is 4.65. The van der Waals surface area contributed by atoms with Crippen molar-refractivity contribution in [2.45, 2.75) is 38.3 Å². The fourth-order valence-electron chi connectivity index (χ4n) is 2.66. The Morgan fingerprint density at radius 3 is 2.80 bits per heavy atom. The Morgan fingerprint density at radius 1 is 1.56 bits per heavy atom. The molecule has 0 radical (unpaired) electrons. The lowest BCUT2D eigenvalue weighted by Gasteiger charge is -2.17. The van der Waals surface area contributed by atoms with Crippen molar-refractivity contribution >= 4 is 28.5 Å². The van der Waals surface area contributed by atoms with Crippen LogP contribution in [0, 0.1) is 5.82 Å². The molecular weight excluding hydrogens is 351 g/mol. The number of carboxylic acid groups (broad SMARTS) is 1. The van der Waals surface area contributed by atoms with Crippen molar-refractivity contribution in [3.8, 4) is 5.75 Å². The minimum Gasteiger partial charge on any atom is -0.487 e. The van der Waals surface area contributed by atoms with Gasteiger partial charge in [-0.25, -0.2) is 9.18 Å². The van der Waals surface area contributed by atoms with Gasteiger partial charge in [-0.1, -0.05) is 18.5 Å². The molecule has 1 aromatic carbocycles. The molecule has 3 N–H and O–H groups in total. The number of carboxylic acids is 1. The van der Waals surface area contributed by atoms with Crippen LogP contribution in [0.25, 0.3) is 10.9 Å². The van der Waals surface area contributed by atoms with Crippen LogP contribution in [-0.2, 0) is 0 Å². The number of hydrogen-bond acceptors (Lipinski definition) is 4. The number of aromatic carboxylic acids is 1. The first-order chi connectivity index (χ1) is 11.8. The lowest BCUT2D eigenvalue weighted by molar-refractivity contribution is 0.0695. The smallest absolute Gasteiger partial charge is 0.341 e. The normalized spacial score (nSPS) is 15.4. The van der Waals surface area contributed by atoms with Gasteiger partial charge in [0.15, 0.2) is 11.6 Å². The minimum atomic E-state index is -1.35. The highest BCUT2D eigenvalue weighted by atomic mass is 35.5. The summed E-state index contributed by atoms with van der Waals surface area (Å²) in [5, 5.41) is 9.13. The van der Waals surface area contributed by atoms with Crippen LogP contribution in [0.1, 0.15) is 42.6 Å². The van der Waals surface area contributed by atoms with Crippen molar-refractivity contribution in [1.29, 1.82) is 0 Å². The molecule has 0 bridgehead atoms. The maximum absolute atomic E-state index is 14.5. The van der Waals surface area contributed by atoms with E-state index in [1.165, 1.54) is 6.20 Å². The summed E-state index contributed by atoms with van der Waals surface area (Å²) in [6, 6.07) is 0.753. The molecule has 6 nitrogen and oxygen atoms in total. The molecule has 1 aromatic heterocycles. The predicted octanol–water partition coefficient (Wildman–Crippen LogP) is 2.94. The van der Waals surface area contributed by atoms with Crippen LogP contribution < -0.4 is 15.9 Å². The minimum absolute atomic E-state index is 0.0370. The second-order valence-corrected chi connectivity index (χ2v) is 6.57. The number of nitrogens with zero attached hydrogens (tertiary/aromatic N) is 1. The third kappa shape index (κ3) is 3.21. The number of halogens is 2. The molecule has 134 valence electrons. The van der Waals surface area contributed by atoms with Crippen LogP contribution in [0.5, 0.6) is 5.75 Å². The Labute approximate surface area is 147 Å². The average Bonchev–Trinajstić information content (AvgIpc) is 3.39. The highest BCUT2D eigenvalue weighted by molar-refractivity contribution is 6.36. The summed E-state index contributed by atoms with van der Waals surface area (Å²) in [6.45, 7) is 1.96. The number of rotatable bonds is 6. The van der Waals surface area contributed by atoms with Crippen molar-refractivity contribution in [2.24, 2.45) is 5.73 Å². The molecule has 0 spiro atoms. The molecule has 0 aliphatic heterocycles. The van der Waals surface area contributed by atoms with Gasteiger partial charge in [0, 0.05) is 18.3 Å². The molecule has 25 heavy (non-hydrogen) atoms. The highest BCUT2D eigenvalue weighted by Gasteiger charge is 2.29. The summed E-state index contributed by atoms with van der Waals surface area (Å²) in [7, 11) is 0. The molecule has 3 rings (SSSR count). The number of nitrogens with two attached hydrogens (primary N) is 1. The number of aromatic nitrogens is 1. The largest absolute Gasteiger partial charge is 0.487 e. The number of hydrogen-bond donors (Lipinski definition) is 2. The van der Waals surface area contributed by atoms with Crippen molar-refractivity contribution in [3.63, 3.8) is 0 Å². The van der Waals surface area contributed by atoms with Gasteiger partial charge in [-0.2, -0.15) is 0 Å². The van der Waals surface area contributed by atoms with Gasteiger partial charge < -0.3 is 20.1 Å². The predicted molar refractivity (Wildman–Crippen MR) is 92.2 cm³/mol. The average molecular weight is 369 g/mol. The maximum Gasteiger partial charge on any atom is 0.341 e. The first-order valence-corrected chi connectivity index (χ1v) is 8.41. The second-order valence-electron chi connectivity index (χ2n) is 6.19. The number of ether oxygens (including phenoxy) is 1. The van der Waals surface area contributed by atoms with Crippen LogP contribution in [0.4, 0.5) is 4.39 Å². The summed E-state index contributed by atoms with van der Waals surface area (Å²) >= 11 is 6.34. The third-order valence-electron chi connectivity index (χ3n) is 4.30. The van der Waals surface area contributed by atoms with Gasteiger partial charge in [0.05, 0.1) is 10.9 Å². The van der Waals surface area contributed by atoms with Gasteiger partial charge in [-0.05, 0) is 25.3 Å². The molecule has 2 aromatic rings. The molecule has 1 unspecified atom stereocenters. The lowest BCUT2D eigenvalue weighted by atomic mass is 10.1. The zero-order valence-corrected chi connectivity index (χ0v) is 14.3. The monoisotopic (exact) mass is 368 g/mol. The fraction of sp³-hybridized carbons (Fsp3) is 0.412. The Balaban J connectivity index is 2.23. The van der Waals surface area contributed by atoms with Gasteiger partial charge in [-0.15, -0.1) is 0 Å². The molecule has 1 heterocycles. The van der Waals surface area contributed by atoms with Crippen molar-refractivity contribution < 1.29 is 19.0 Å². The molecular formula is C17H18ClFN2O4. The van der Waals surface area contributed by atoms with Gasteiger partial charge in [-0.3, -0.25) is 4.79 Å². The first-order valence-electron chi connectivity index (χ1n) is 8.03. The molecule has 1 aliphatic rings. The van der Waals surface area contributed by atoms with E-state index < -0.39 is 22.8 Å².